The highest BCUT2D eigenvalue weighted by Crippen LogP contribution is 2.27. The lowest BCUT2D eigenvalue weighted by molar-refractivity contribution is 0.207. The summed E-state index contributed by atoms with van der Waals surface area (Å²) in [5, 5.41) is 0.158. The van der Waals surface area contributed by atoms with Gasteiger partial charge in [-0.05, 0) is 18.2 Å². The third kappa shape index (κ3) is 4.56. The number of halogens is 3. The Bertz CT molecular complexity index is 519. The van der Waals surface area contributed by atoms with Crippen molar-refractivity contribution in [3.63, 3.8) is 0 Å². The largest absolute Gasteiger partial charge is 0.427 e. The highest BCUT2D eigenvalue weighted by Gasteiger charge is 2.14. The van der Waals surface area contributed by atoms with Gasteiger partial charge in [-0.1, -0.05) is 27.5 Å². The van der Waals surface area contributed by atoms with Gasteiger partial charge in [-0.15, -0.1) is 0 Å². The second kappa shape index (κ2) is 5.22. The van der Waals surface area contributed by atoms with Crippen LogP contribution in [0.5, 0.6) is 5.75 Å². The number of amides is 1. The molecule has 0 fully saturated rings. The van der Waals surface area contributed by atoms with Crippen LogP contribution in [-0.2, 0) is 9.24 Å². The highest BCUT2D eigenvalue weighted by molar-refractivity contribution is 9.10. The monoisotopic (exact) mass is 347 g/mol. The molecular weight excluding hydrogens is 345 g/mol. The number of hydrogen-bond acceptors (Lipinski definition) is 4. The second-order valence-corrected chi connectivity index (χ2v) is 6.13. The summed E-state index contributed by atoms with van der Waals surface area (Å²) in [5.74, 6) is 0.00820. The van der Waals surface area contributed by atoms with Gasteiger partial charge in [0.2, 0.25) is 0 Å². The Hall–Kier alpha value is -0.500. The standard InChI is InChI=1S/C7H4BrCl2NO4S/c8-4-1-2-5(9)6(3-4)15-7(12)11-16(10,13)14/h1-3H,(H,11,12). The first kappa shape index (κ1) is 13.6. The summed E-state index contributed by atoms with van der Waals surface area (Å²) < 4.78 is 27.7. The van der Waals surface area contributed by atoms with Crippen molar-refractivity contribution in [3.05, 3.63) is 27.7 Å². The van der Waals surface area contributed by atoms with E-state index in [1.54, 1.807) is 6.07 Å². The van der Waals surface area contributed by atoms with Crippen LogP contribution < -0.4 is 9.46 Å². The van der Waals surface area contributed by atoms with E-state index in [4.69, 9.17) is 22.3 Å². The smallest absolute Gasteiger partial charge is 0.408 e. The maximum atomic E-state index is 11.0. The minimum atomic E-state index is -4.17. The molecule has 88 valence electrons. The van der Waals surface area contributed by atoms with Gasteiger partial charge in [0, 0.05) is 15.2 Å². The molecule has 1 amide bonds. The van der Waals surface area contributed by atoms with Crippen LogP contribution in [0, 0.1) is 0 Å². The summed E-state index contributed by atoms with van der Waals surface area (Å²) in [4.78, 5) is 11.0. The van der Waals surface area contributed by atoms with Crippen molar-refractivity contribution < 1.29 is 17.9 Å². The molecule has 1 aromatic rings. The van der Waals surface area contributed by atoms with Gasteiger partial charge in [0.1, 0.15) is 0 Å². The van der Waals surface area contributed by atoms with Crippen molar-refractivity contribution >= 4 is 53.5 Å². The number of benzene rings is 1. The molecule has 0 saturated heterocycles. The fourth-order valence-corrected chi connectivity index (χ4v) is 1.70. The van der Waals surface area contributed by atoms with E-state index in [-0.39, 0.29) is 10.8 Å². The van der Waals surface area contributed by atoms with Crippen LogP contribution >= 0.6 is 38.2 Å². The molecule has 16 heavy (non-hydrogen) atoms. The van der Waals surface area contributed by atoms with Crippen molar-refractivity contribution in [1.29, 1.82) is 0 Å². The third-order valence-corrected chi connectivity index (χ3v) is 2.75. The van der Waals surface area contributed by atoms with Gasteiger partial charge in [0.05, 0.1) is 5.02 Å². The fourth-order valence-electron chi connectivity index (χ4n) is 0.776. The first-order chi connectivity index (χ1) is 7.28. The van der Waals surface area contributed by atoms with Gasteiger partial charge in [-0.2, -0.15) is 8.42 Å². The molecule has 0 saturated carbocycles. The maximum absolute atomic E-state index is 11.0. The van der Waals surface area contributed by atoms with E-state index < -0.39 is 15.3 Å². The number of hydrogen-bond donors (Lipinski definition) is 1. The number of ether oxygens (including phenoxy) is 1. The van der Waals surface area contributed by atoms with Gasteiger partial charge >= 0.3 is 15.3 Å². The Balaban J connectivity index is 2.81. The van der Waals surface area contributed by atoms with Gasteiger partial charge in [0.25, 0.3) is 0 Å². The van der Waals surface area contributed by atoms with E-state index in [2.05, 4.69) is 20.7 Å². The van der Waals surface area contributed by atoms with Crippen molar-refractivity contribution in [3.8, 4) is 5.75 Å². The van der Waals surface area contributed by atoms with Gasteiger partial charge in [0.15, 0.2) is 5.75 Å². The predicted molar refractivity (Wildman–Crippen MR) is 63.1 cm³/mol. The predicted octanol–water partition coefficient (Wildman–Crippen LogP) is 2.67. The Morgan fingerprint density at radius 1 is 1.44 bits per heavy atom. The lowest BCUT2D eigenvalue weighted by atomic mass is 10.3. The maximum Gasteiger partial charge on any atom is 0.427 e. The van der Waals surface area contributed by atoms with Crippen LogP contribution in [0.1, 0.15) is 0 Å². The molecular formula is C7H4BrCl2NO4S. The normalized spacial score (nSPS) is 10.9. The number of carbonyl (C=O) groups excluding carboxylic acids is 1. The van der Waals surface area contributed by atoms with Crippen molar-refractivity contribution in [2.75, 3.05) is 0 Å². The van der Waals surface area contributed by atoms with Crippen LogP contribution in [0.4, 0.5) is 4.79 Å². The number of nitrogens with one attached hydrogen (secondary N) is 1. The van der Waals surface area contributed by atoms with Crippen LogP contribution in [-0.4, -0.2) is 14.5 Å². The summed E-state index contributed by atoms with van der Waals surface area (Å²) in [6.07, 6.45) is -1.24. The summed E-state index contributed by atoms with van der Waals surface area (Å²) in [6.45, 7) is 0. The minimum absolute atomic E-state index is 0.00820. The molecule has 0 bridgehead atoms. The summed E-state index contributed by atoms with van der Waals surface area (Å²) in [6, 6.07) is 4.51. The molecule has 0 aliphatic rings. The second-order valence-electron chi connectivity index (χ2n) is 2.50. The molecule has 0 radical (unpaired) electrons. The van der Waals surface area contributed by atoms with E-state index in [1.807, 2.05) is 0 Å². The van der Waals surface area contributed by atoms with E-state index in [9.17, 15) is 13.2 Å². The molecule has 0 aromatic heterocycles. The van der Waals surface area contributed by atoms with Crippen LogP contribution in [0.3, 0.4) is 0 Å². The van der Waals surface area contributed by atoms with Crippen molar-refractivity contribution in [2.24, 2.45) is 0 Å². The van der Waals surface area contributed by atoms with Crippen molar-refractivity contribution in [1.82, 2.24) is 4.72 Å². The highest BCUT2D eigenvalue weighted by atomic mass is 79.9. The molecule has 0 aliphatic carbocycles. The molecule has 1 aromatic carbocycles. The summed E-state index contributed by atoms with van der Waals surface area (Å²) in [7, 11) is 0.610. The molecule has 0 atom stereocenters. The Labute approximate surface area is 109 Å². The minimum Gasteiger partial charge on any atom is -0.408 e. The lowest BCUT2D eigenvalue weighted by Crippen LogP contribution is -2.29. The fraction of sp³-hybridized carbons (Fsp3) is 0. The molecule has 5 nitrogen and oxygen atoms in total. The first-order valence-corrected chi connectivity index (χ1v) is 7.15. The summed E-state index contributed by atoms with van der Waals surface area (Å²) in [5.41, 5.74) is 0. The Kier molecular flexibility index (Phi) is 4.43. The van der Waals surface area contributed by atoms with Crippen LogP contribution in [0.15, 0.2) is 22.7 Å². The quantitative estimate of drug-likeness (QED) is 0.834. The Morgan fingerprint density at radius 3 is 2.62 bits per heavy atom. The van der Waals surface area contributed by atoms with Crippen LogP contribution in [0.2, 0.25) is 5.02 Å². The van der Waals surface area contributed by atoms with Crippen LogP contribution in [0.25, 0.3) is 0 Å². The average Bonchev–Trinajstić information content (AvgIpc) is 2.08. The van der Waals surface area contributed by atoms with E-state index >= 15 is 0 Å². The molecule has 9 heteroatoms. The zero-order valence-electron chi connectivity index (χ0n) is 7.41. The third-order valence-electron chi connectivity index (χ3n) is 1.30. The first-order valence-electron chi connectivity index (χ1n) is 3.67. The van der Waals surface area contributed by atoms with E-state index in [1.165, 1.54) is 16.9 Å². The number of rotatable bonds is 2. The zero-order valence-corrected chi connectivity index (χ0v) is 11.3. The molecule has 0 unspecified atom stereocenters. The SMILES string of the molecule is O=C(NS(=O)(=O)Cl)Oc1cc(Br)ccc1Cl. The average molecular weight is 349 g/mol. The molecule has 1 N–H and O–H groups in total. The van der Waals surface area contributed by atoms with Gasteiger partial charge in [-0.25, -0.2) is 9.52 Å². The Morgan fingerprint density at radius 2 is 2.06 bits per heavy atom. The summed E-state index contributed by atoms with van der Waals surface area (Å²) >= 11 is 8.84. The molecule has 1 rings (SSSR count). The molecule has 0 spiro atoms. The van der Waals surface area contributed by atoms with E-state index in [0.29, 0.717) is 4.47 Å². The zero-order chi connectivity index (χ0) is 12.3. The molecule has 0 heterocycles. The molecule has 0 aliphatic heterocycles. The van der Waals surface area contributed by atoms with E-state index in [0.717, 1.165) is 0 Å². The lowest BCUT2D eigenvalue weighted by Gasteiger charge is -2.05. The van der Waals surface area contributed by atoms with Crippen molar-refractivity contribution in [2.45, 2.75) is 0 Å². The topological polar surface area (TPSA) is 72.5 Å². The van der Waals surface area contributed by atoms with Gasteiger partial charge in [-0.3, -0.25) is 0 Å². The number of carbonyl (C=O) groups is 1. The van der Waals surface area contributed by atoms with Gasteiger partial charge < -0.3 is 4.74 Å².